The molecule has 0 aliphatic carbocycles. The van der Waals surface area contributed by atoms with Crippen molar-refractivity contribution in [3.8, 4) is 0 Å². The zero-order chi connectivity index (χ0) is 16.2. The summed E-state index contributed by atoms with van der Waals surface area (Å²) in [5, 5.41) is 3.47. The lowest BCUT2D eigenvalue weighted by Crippen LogP contribution is -2.49. The number of halogens is 2. The molecule has 0 radical (unpaired) electrons. The Morgan fingerprint density at radius 1 is 1.17 bits per heavy atom. The van der Waals surface area contributed by atoms with Crippen molar-refractivity contribution >= 4 is 35.0 Å². The summed E-state index contributed by atoms with van der Waals surface area (Å²) in [5.41, 5.74) is 0.406. The number of benzene rings is 1. The molecule has 1 amide bonds. The largest absolute Gasteiger partial charge is 0.449 e. The minimum absolute atomic E-state index is 0.406. The van der Waals surface area contributed by atoms with Crippen molar-refractivity contribution in [1.29, 1.82) is 0 Å². The van der Waals surface area contributed by atoms with Crippen LogP contribution in [0.4, 0.5) is 10.5 Å². The summed E-state index contributed by atoms with van der Waals surface area (Å²) in [4.78, 5) is 14.6. The highest BCUT2D eigenvalue weighted by Crippen LogP contribution is 2.32. The van der Waals surface area contributed by atoms with Crippen molar-refractivity contribution in [2.75, 3.05) is 25.0 Å². The van der Waals surface area contributed by atoms with Crippen molar-refractivity contribution in [3.63, 3.8) is 0 Å². The Balaban J connectivity index is 1.54. The first-order valence-corrected chi connectivity index (χ1v) is 9.02. The van der Waals surface area contributed by atoms with Gasteiger partial charge in [0.1, 0.15) is 0 Å². The van der Waals surface area contributed by atoms with Gasteiger partial charge >= 0.3 is 6.09 Å². The molecule has 23 heavy (non-hydrogen) atoms. The van der Waals surface area contributed by atoms with E-state index in [9.17, 15) is 4.79 Å². The molecule has 0 aromatic heterocycles. The molecule has 1 N–H and O–H groups in total. The summed E-state index contributed by atoms with van der Waals surface area (Å²) in [6, 6.07) is 5.67. The minimum Gasteiger partial charge on any atom is -0.449 e. The fourth-order valence-electron chi connectivity index (χ4n) is 3.71. The molecule has 4 nitrogen and oxygen atoms in total. The van der Waals surface area contributed by atoms with Gasteiger partial charge in [0.25, 0.3) is 0 Å². The van der Waals surface area contributed by atoms with Gasteiger partial charge in [0.15, 0.2) is 0 Å². The van der Waals surface area contributed by atoms with E-state index in [1.54, 1.807) is 18.2 Å². The zero-order valence-corrected chi connectivity index (χ0v) is 14.6. The van der Waals surface area contributed by atoms with Gasteiger partial charge in [0.2, 0.25) is 0 Å². The maximum absolute atomic E-state index is 12.1. The highest BCUT2D eigenvalue weighted by Gasteiger charge is 2.33. The lowest BCUT2D eigenvalue weighted by Gasteiger charge is -2.44. The number of ether oxygens (including phenoxy) is 1. The second kappa shape index (κ2) is 7.73. The second-order valence-electron chi connectivity index (χ2n) is 6.32. The number of nitrogens with one attached hydrogen (secondary N) is 1. The number of piperidine rings is 2. The van der Waals surface area contributed by atoms with Crippen LogP contribution in [0.1, 0.15) is 32.1 Å². The van der Waals surface area contributed by atoms with Gasteiger partial charge in [-0.3, -0.25) is 10.2 Å². The molecule has 1 aromatic carbocycles. The average Bonchev–Trinajstić information content (AvgIpc) is 2.56. The van der Waals surface area contributed by atoms with E-state index in [0.717, 1.165) is 6.42 Å². The number of carbonyl (C=O) groups excluding carboxylic acids is 1. The summed E-state index contributed by atoms with van der Waals surface area (Å²) < 4.78 is 5.45. The molecule has 3 rings (SSSR count). The third kappa shape index (κ3) is 4.11. The standard InChI is InChI=1S/C17H22Cl2N2O2/c18-13-6-3-7-14(19)16(13)20-17(22)23-11-12-5-4-10-21-9-2-1-8-15(12)21/h3,6-7,12,15H,1-2,4-5,8-11H2,(H,20,22)/t12-,15-/m1/s1. The van der Waals surface area contributed by atoms with Crippen molar-refractivity contribution in [3.05, 3.63) is 28.2 Å². The molecular weight excluding hydrogens is 335 g/mol. The molecule has 2 atom stereocenters. The Morgan fingerprint density at radius 3 is 2.70 bits per heavy atom. The average molecular weight is 357 g/mol. The first kappa shape index (κ1) is 16.9. The smallest absolute Gasteiger partial charge is 0.411 e. The van der Waals surface area contributed by atoms with Crippen molar-refractivity contribution in [2.45, 2.75) is 38.1 Å². The van der Waals surface area contributed by atoms with Crippen LogP contribution in [-0.2, 0) is 4.74 Å². The Kier molecular flexibility index (Phi) is 5.67. The molecule has 2 aliphatic heterocycles. The Hall–Kier alpha value is -0.970. The van der Waals surface area contributed by atoms with Crippen LogP contribution in [0.25, 0.3) is 0 Å². The van der Waals surface area contributed by atoms with Gasteiger partial charge in [0, 0.05) is 12.0 Å². The van der Waals surface area contributed by atoms with E-state index < -0.39 is 6.09 Å². The van der Waals surface area contributed by atoms with Crippen LogP contribution in [0.2, 0.25) is 10.0 Å². The van der Waals surface area contributed by atoms with E-state index in [1.165, 1.54) is 38.8 Å². The maximum Gasteiger partial charge on any atom is 0.411 e. The van der Waals surface area contributed by atoms with Gasteiger partial charge in [-0.1, -0.05) is 35.7 Å². The van der Waals surface area contributed by atoms with Crippen LogP contribution < -0.4 is 5.32 Å². The Labute approximate surface area is 147 Å². The number of fused-ring (bicyclic) bond motifs is 1. The fourth-order valence-corrected chi connectivity index (χ4v) is 4.20. The topological polar surface area (TPSA) is 41.6 Å². The molecule has 0 bridgehead atoms. The summed E-state index contributed by atoms with van der Waals surface area (Å²) >= 11 is 12.1. The van der Waals surface area contributed by atoms with Crippen molar-refractivity contribution in [2.24, 2.45) is 5.92 Å². The summed E-state index contributed by atoms with van der Waals surface area (Å²) in [7, 11) is 0. The molecule has 0 unspecified atom stereocenters. The van der Waals surface area contributed by atoms with Gasteiger partial charge in [-0.15, -0.1) is 0 Å². The van der Waals surface area contributed by atoms with Gasteiger partial charge in [0.05, 0.1) is 22.3 Å². The summed E-state index contributed by atoms with van der Waals surface area (Å²) in [6.07, 6.45) is 5.60. The molecule has 2 heterocycles. The molecule has 2 saturated heterocycles. The number of hydrogen-bond donors (Lipinski definition) is 1. The van der Waals surface area contributed by atoms with Crippen LogP contribution in [-0.4, -0.2) is 36.7 Å². The predicted molar refractivity (Wildman–Crippen MR) is 93.4 cm³/mol. The van der Waals surface area contributed by atoms with E-state index in [0.29, 0.717) is 34.3 Å². The fraction of sp³-hybridized carbons (Fsp3) is 0.588. The first-order chi connectivity index (χ1) is 11.1. The minimum atomic E-state index is -0.493. The van der Waals surface area contributed by atoms with Crippen molar-refractivity contribution in [1.82, 2.24) is 4.90 Å². The third-order valence-corrected chi connectivity index (χ3v) is 5.48. The highest BCUT2D eigenvalue weighted by molar-refractivity contribution is 6.39. The normalized spacial score (nSPS) is 24.8. The molecule has 0 spiro atoms. The van der Waals surface area contributed by atoms with E-state index in [4.69, 9.17) is 27.9 Å². The van der Waals surface area contributed by atoms with E-state index in [2.05, 4.69) is 10.2 Å². The molecule has 6 heteroatoms. The van der Waals surface area contributed by atoms with Gasteiger partial charge in [-0.05, 0) is 50.9 Å². The second-order valence-corrected chi connectivity index (χ2v) is 7.14. The first-order valence-electron chi connectivity index (χ1n) is 8.27. The van der Waals surface area contributed by atoms with Crippen LogP contribution in [0.5, 0.6) is 0 Å². The summed E-state index contributed by atoms with van der Waals surface area (Å²) in [6.45, 7) is 2.82. The van der Waals surface area contributed by atoms with Crippen LogP contribution in [0, 0.1) is 5.92 Å². The summed E-state index contributed by atoms with van der Waals surface area (Å²) in [5.74, 6) is 0.427. The molecule has 0 saturated carbocycles. The molecule has 2 fully saturated rings. The number of amides is 1. The van der Waals surface area contributed by atoms with Crippen LogP contribution in [0.15, 0.2) is 18.2 Å². The number of rotatable bonds is 3. The van der Waals surface area contributed by atoms with Gasteiger partial charge < -0.3 is 4.74 Å². The number of nitrogens with zero attached hydrogens (tertiary/aromatic N) is 1. The highest BCUT2D eigenvalue weighted by atomic mass is 35.5. The number of para-hydroxylation sites is 1. The Bertz CT molecular complexity index is 545. The van der Waals surface area contributed by atoms with Gasteiger partial charge in [-0.25, -0.2) is 4.79 Å². The third-order valence-electron chi connectivity index (χ3n) is 4.85. The molecule has 1 aromatic rings. The number of anilines is 1. The lowest BCUT2D eigenvalue weighted by molar-refractivity contribution is 0.0261. The van der Waals surface area contributed by atoms with E-state index >= 15 is 0 Å². The maximum atomic E-state index is 12.1. The van der Waals surface area contributed by atoms with E-state index in [-0.39, 0.29) is 0 Å². The molecule has 2 aliphatic rings. The number of carbonyl (C=O) groups is 1. The predicted octanol–water partition coefficient (Wildman–Crippen LogP) is 4.81. The zero-order valence-electron chi connectivity index (χ0n) is 13.1. The van der Waals surface area contributed by atoms with Crippen molar-refractivity contribution < 1.29 is 9.53 Å². The quantitative estimate of drug-likeness (QED) is 0.844. The monoisotopic (exact) mass is 356 g/mol. The lowest BCUT2D eigenvalue weighted by atomic mass is 9.84. The SMILES string of the molecule is O=C(Nc1c(Cl)cccc1Cl)OC[C@H]1CCCN2CCCC[C@H]12. The van der Waals surface area contributed by atoms with Crippen LogP contribution in [0.3, 0.4) is 0 Å². The molecule has 126 valence electrons. The van der Waals surface area contributed by atoms with E-state index in [1.807, 2.05) is 0 Å². The Morgan fingerprint density at radius 2 is 1.91 bits per heavy atom. The van der Waals surface area contributed by atoms with Crippen LogP contribution >= 0.6 is 23.2 Å². The van der Waals surface area contributed by atoms with Gasteiger partial charge in [-0.2, -0.15) is 0 Å². The molecular formula is C17H22Cl2N2O2. The number of hydrogen-bond acceptors (Lipinski definition) is 3.